The Bertz CT molecular complexity index is 6670. The molecule has 10 aromatic carbocycles. The Kier molecular flexibility index (Phi) is 31.6. The summed E-state index contributed by atoms with van der Waals surface area (Å²) in [4.78, 5) is 38.5. The molecule has 0 spiro atoms. The van der Waals surface area contributed by atoms with E-state index in [9.17, 15) is 65.5 Å². The fraction of sp³-hybridized carbons (Fsp3) is 0.373. The number of halogens is 11. The minimum Gasteiger partial charge on any atom is -0.396 e. The van der Waals surface area contributed by atoms with Gasteiger partial charge in [-0.25, -0.2) is 13.2 Å². The van der Waals surface area contributed by atoms with Crippen molar-refractivity contribution >= 4 is 78.4 Å². The van der Waals surface area contributed by atoms with Crippen LogP contribution in [0, 0.1) is 17.5 Å². The number of nitrogens with two attached hydrogens (primary N) is 1. The smallest absolute Gasteiger partial charge is 0.396 e. The highest BCUT2D eigenvalue weighted by atomic mass is 35.5. The zero-order valence-corrected chi connectivity index (χ0v) is 81.2. The number of carbonyl (C=O) groups excluding carboxylic acids is 3. The van der Waals surface area contributed by atoms with Gasteiger partial charge in [-0.2, -0.15) is 0 Å². The topological polar surface area (TPSA) is 265 Å². The molecule has 6 aliphatic rings. The van der Waals surface area contributed by atoms with Gasteiger partial charge in [0.25, 0.3) is 0 Å². The van der Waals surface area contributed by atoms with Gasteiger partial charge in [-0.05, 0) is 192 Å². The molecule has 6 heterocycles. The molecule has 0 bridgehead atoms. The van der Waals surface area contributed by atoms with Gasteiger partial charge in [0.1, 0.15) is 29.0 Å². The van der Waals surface area contributed by atoms with Gasteiger partial charge in [0, 0.05) is 74.8 Å². The number of hydrogen-bond acceptors (Lipinski definition) is 18. The zero-order chi connectivity index (χ0) is 102. The molecule has 6 N–H and O–H groups in total. The number of aliphatic hydroxyl groups is 4. The van der Waals surface area contributed by atoms with E-state index in [-0.39, 0.29) is 114 Å². The molecule has 21 nitrogen and oxygen atoms in total. The first-order valence-electron chi connectivity index (χ1n) is 46.8. The molecule has 0 saturated heterocycles. The van der Waals surface area contributed by atoms with Crippen molar-refractivity contribution in [1.29, 1.82) is 0 Å². The lowest BCUT2D eigenvalue weighted by atomic mass is 9.86. The average Bonchev–Trinajstić information content (AvgIpc) is 1.57. The molecule has 0 unspecified atom stereocenters. The summed E-state index contributed by atoms with van der Waals surface area (Å²) < 4.78 is 182. The number of ether oxygens (including phenoxy) is 10. The predicted molar refractivity (Wildman–Crippen MR) is 520 cm³/mol. The van der Waals surface area contributed by atoms with Crippen LogP contribution in [0.25, 0.3) is 32.7 Å². The van der Waals surface area contributed by atoms with E-state index in [1.165, 1.54) is 61.0 Å². The second kappa shape index (κ2) is 42.9. The number of Topliss-reactive ketones (excluding diaryl/α,β-unsaturated/α-hetero) is 2. The number of aliphatic hydroxyl groups excluding tert-OH is 4. The number of fused-ring (bicyclic) bond motifs is 6. The Morgan fingerprint density at radius 1 is 0.394 bits per heavy atom. The predicted octanol–water partition coefficient (Wildman–Crippen LogP) is 22.1. The number of ketones is 2. The number of rotatable bonds is 37. The third-order valence-corrected chi connectivity index (χ3v) is 27.1. The Hall–Kier alpha value is -11.9. The minimum atomic E-state index is -3.76. The van der Waals surface area contributed by atoms with E-state index < -0.39 is 93.6 Å². The molecule has 0 amide bonds. The number of hydrogen-bond donors (Lipinski definition) is 5. The maximum Gasteiger partial charge on any atom is 0.586 e. The van der Waals surface area contributed by atoms with Crippen LogP contribution in [0.2, 0.25) is 0 Å². The van der Waals surface area contributed by atoms with Gasteiger partial charge in [0.2, 0.25) is 5.24 Å². The molecule has 13 aromatic rings. The Morgan fingerprint density at radius 3 is 1.01 bits per heavy atom. The van der Waals surface area contributed by atoms with Crippen LogP contribution in [-0.4, -0.2) is 128 Å². The third kappa shape index (κ3) is 24.1. The Balaban J connectivity index is 0.000000149. The number of anilines is 1. The molecule has 32 heteroatoms. The van der Waals surface area contributed by atoms with Crippen LogP contribution >= 0.6 is 23.2 Å². The van der Waals surface area contributed by atoms with Crippen molar-refractivity contribution in [2.75, 3.05) is 45.2 Å². The Morgan fingerprint density at radius 2 is 0.690 bits per heavy atom. The molecule has 3 atom stereocenters. The molecule has 19 rings (SSSR count). The molecule has 0 radical (unpaired) electrons. The van der Waals surface area contributed by atoms with Crippen molar-refractivity contribution in [3.05, 3.63) is 315 Å². The van der Waals surface area contributed by atoms with E-state index in [1.54, 1.807) is 36.4 Å². The highest BCUT2D eigenvalue weighted by molar-refractivity contribution is 6.66. The quantitative estimate of drug-likeness (QED) is 0.0105. The lowest BCUT2D eigenvalue weighted by molar-refractivity contribution is -0.287. The second-order valence-electron chi connectivity index (χ2n) is 38.7. The molecule has 3 aliphatic carbocycles. The summed E-state index contributed by atoms with van der Waals surface area (Å²) in [5.74, 6) is -2.47. The standard InChI is InChI=1S/C41H40F3NO6.C29H33FN2O3.C28H30F3NO5.C11H7ClF2O3.CH3Cl/c1-39(2,26-49-24-28-11-7-4-8-12-28)37-18-30-17-29(19-38(47)40(15-16-40)31-13-14-35-36(20-31)51-41(43,44)50-35)33(42)21-34(30)45(37)22-32(46)25-48-23-27-9-5-3-6-10-27;1-29(2,20-35-18-22-11-7-4-8-12-22)28-14-23-13-26(31)25(30)15-27(23)32(28)16-24(33)19-34-17-21-9-5-3-6-10-21;1-4-26(2,3)24-10-17-9-16(20(29)13-21(17)32(24)14-19(34)15-33)11-25(35)27(7-8-27)18-5-6-22-23(12-18)37-28(30,31)36-22;12-9(15)10(3-4-10)6-1-2-7-8(5-6)17-11(13,14)16-7;1-2/h3-14,17-18,20-21,32,46H,15-16,19,22-26H2,1-2H3;3-15,24,33H,16-20,31H2,1-2H3;5-6,9-10,12-13,19,33-34H,4,7-8,11,14-15H2,1-3H3;1-2,5H,3-4H2;1H3/t32-;24-;19-;;/m111../s1. The normalized spacial score (nSPS) is 16.5. The largest absolute Gasteiger partial charge is 0.586 e. The van der Waals surface area contributed by atoms with Crippen LogP contribution in [-0.2, 0) is 125 Å². The van der Waals surface area contributed by atoms with Crippen molar-refractivity contribution < 1.29 is 122 Å². The van der Waals surface area contributed by atoms with E-state index in [0.29, 0.717) is 111 Å². The van der Waals surface area contributed by atoms with Crippen molar-refractivity contribution in [2.45, 2.75) is 222 Å². The SMILES string of the molecule is CC(C)(COCc1ccccc1)c1cc2cc(CC(=O)C3(c4ccc5c(c4)OC(F)(F)O5)CC3)c(F)cc2n1C[C@@H](O)COCc1ccccc1.CC(C)(COCc1ccccc1)c1cc2cc(N)c(F)cc2n1C[C@@H](O)COCc1ccccc1.CCC(C)(C)c1cc2cc(CC(=O)C3(c4ccc5c(c4)OC(F)(F)O5)CC3)c(F)cc2n1C[C@@H](O)CO.CCl.O=C(Cl)C1(c2ccc3c(c2)OC(F)(F)O3)CC1. The first kappa shape index (κ1) is 104. The van der Waals surface area contributed by atoms with E-state index in [2.05, 4.69) is 67.7 Å². The van der Waals surface area contributed by atoms with Crippen LogP contribution < -0.4 is 34.2 Å². The van der Waals surface area contributed by atoms with E-state index in [1.807, 2.05) is 174 Å². The molecule has 3 aromatic heterocycles. The minimum absolute atomic E-state index is 0.0310. The molecular formula is C110H113Cl2F9N4O17. The van der Waals surface area contributed by atoms with Gasteiger partial charge in [-0.15, -0.1) is 37.9 Å². The summed E-state index contributed by atoms with van der Waals surface area (Å²) in [7, 11) is 0. The molecule has 3 aliphatic heterocycles. The molecule has 3 saturated carbocycles. The highest BCUT2D eigenvalue weighted by Gasteiger charge is 2.56. The Labute approximate surface area is 826 Å². The first-order chi connectivity index (χ1) is 67.6. The summed E-state index contributed by atoms with van der Waals surface area (Å²) in [6.07, 6.45) is -8.46. The van der Waals surface area contributed by atoms with Crippen LogP contribution in [0.5, 0.6) is 34.5 Å². The van der Waals surface area contributed by atoms with Gasteiger partial charge in [0.05, 0.1) is 136 Å². The first-order valence-corrected chi connectivity index (χ1v) is 47.9. The molecule has 3 fully saturated rings. The summed E-state index contributed by atoms with van der Waals surface area (Å²) >= 11 is 10.2. The number of nitrogens with zero attached hydrogens (tertiary/aromatic N) is 3. The zero-order valence-electron chi connectivity index (χ0n) is 79.7. The number of carbonyl (C=O) groups is 3. The number of alkyl halides is 7. The lowest BCUT2D eigenvalue weighted by Crippen LogP contribution is -2.30. The van der Waals surface area contributed by atoms with E-state index in [4.69, 9.17) is 36.3 Å². The summed E-state index contributed by atoms with van der Waals surface area (Å²) in [6, 6.07) is 67.6. The number of aromatic nitrogens is 3. The second-order valence-corrected chi connectivity index (χ2v) is 39.0. The number of nitrogen functional groups attached to an aromatic ring is 1. The van der Waals surface area contributed by atoms with Crippen molar-refractivity contribution in [2.24, 2.45) is 0 Å². The monoisotopic (exact) mass is 2000 g/mol. The maximum absolute atomic E-state index is 16.0. The van der Waals surface area contributed by atoms with Gasteiger partial charge in [-0.1, -0.05) is 188 Å². The van der Waals surface area contributed by atoms with Crippen molar-refractivity contribution in [1.82, 2.24) is 13.7 Å². The molecular weight excluding hydrogens is 1890 g/mol. The van der Waals surface area contributed by atoms with Crippen LogP contribution in [0.4, 0.5) is 45.2 Å². The fourth-order valence-electron chi connectivity index (χ4n) is 18.3. The van der Waals surface area contributed by atoms with Crippen LogP contribution in [0.15, 0.2) is 231 Å². The summed E-state index contributed by atoms with van der Waals surface area (Å²) in [5.41, 5.74) is 13.1. The maximum atomic E-state index is 16.0. The van der Waals surface area contributed by atoms with Crippen molar-refractivity contribution in [3.63, 3.8) is 0 Å². The van der Waals surface area contributed by atoms with Crippen LogP contribution in [0.3, 0.4) is 0 Å². The van der Waals surface area contributed by atoms with Gasteiger partial charge in [0.15, 0.2) is 34.5 Å². The average molecular weight is 2010 g/mol. The highest BCUT2D eigenvalue weighted by Crippen LogP contribution is 2.57. The lowest BCUT2D eigenvalue weighted by Gasteiger charge is -2.28. The summed E-state index contributed by atoms with van der Waals surface area (Å²) in [6.45, 7) is 17.3. The van der Waals surface area contributed by atoms with Crippen molar-refractivity contribution in [3.8, 4) is 34.5 Å². The third-order valence-electron chi connectivity index (χ3n) is 26.8. The summed E-state index contributed by atoms with van der Waals surface area (Å²) in [5, 5.41) is 43.3. The number of benzene rings is 10. The van der Waals surface area contributed by atoms with Gasteiger partial charge in [-0.3, -0.25) is 14.4 Å². The fourth-order valence-corrected chi connectivity index (χ4v) is 18.6. The van der Waals surface area contributed by atoms with Gasteiger partial charge >= 0.3 is 18.9 Å². The van der Waals surface area contributed by atoms with Crippen LogP contribution in [0.1, 0.15) is 161 Å². The molecule has 752 valence electrons. The van der Waals surface area contributed by atoms with Gasteiger partial charge < -0.3 is 87.2 Å². The molecule has 142 heavy (non-hydrogen) atoms. The van der Waals surface area contributed by atoms with E-state index in [0.717, 1.165) is 61.9 Å². The van der Waals surface area contributed by atoms with E-state index >= 15 is 8.78 Å².